The molecule has 1 rings (SSSR count). The van der Waals surface area contributed by atoms with Crippen molar-refractivity contribution >= 4 is 5.97 Å². The van der Waals surface area contributed by atoms with Gasteiger partial charge in [-0.05, 0) is 26.8 Å². The number of carbonyl (C=O) groups excluding carboxylic acids is 1. The van der Waals surface area contributed by atoms with Crippen molar-refractivity contribution in [2.45, 2.75) is 58.3 Å². The molecule has 0 aliphatic carbocycles. The summed E-state index contributed by atoms with van der Waals surface area (Å²) in [7, 11) is 0. The van der Waals surface area contributed by atoms with Crippen molar-refractivity contribution in [3.63, 3.8) is 0 Å². The second-order valence-electron chi connectivity index (χ2n) is 4.52. The Balaban J connectivity index is 2.22. The van der Waals surface area contributed by atoms with Crippen LogP contribution in [0.3, 0.4) is 0 Å². The lowest BCUT2D eigenvalue weighted by molar-refractivity contribution is -0.158. The van der Waals surface area contributed by atoms with E-state index < -0.39 is 0 Å². The summed E-state index contributed by atoms with van der Waals surface area (Å²) in [6.07, 6.45) is 3.04. The average molecular weight is 229 g/mol. The van der Waals surface area contributed by atoms with Crippen LogP contribution in [0, 0.1) is 0 Å². The predicted molar refractivity (Wildman–Crippen MR) is 62.3 cm³/mol. The first-order valence-corrected chi connectivity index (χ1v) is 6.17. The Bertz CT molecular complexity index is 210. The minimum atomic E-state index is -0.153. The van der Waals surface area contributed by atoms with Gasteiger partial charge in [-0.2, -0.15) is 0 Å². The van der Waals surface area contributed by atoms with E-state index in [-0.39, 0.29) is 24.3 Å². The lowest BCUT2D eigenvalue weighted by Gasteiger charge is -2.31. The van der Waals surface area contributed by atoms with Crippen LogP contribution in [-0.2, 0) is 14.3 Å². The second kappa shape index (κ2) is 6.86. The molecule has 1 N–H and O–H groups in total. The van der Waals surface area contributed by atoms with Crippen LogP contribution in [-0.4, -0.2) is 37.4 Å². The third-order valence-corrected chi connectivity index (χ3v) is 2.65. The van der Waals surface area contributed by atoms with Gasteiger partial charge in [-0.25, -0.2) is 0 Å². The Morgan fingerprint density at radius 1 is 1.38 bits per heavy atom. The largest absolute Gasteiger partial charge is 0.461 e. The van der Waals surface area contributed by atoms with Crippen molar-refractivity contribution in [2.24, 2.45) is 0 Å². The highest BCUT2D eigenvalue weighted by Crippen LogP contribution is 2.21. The van der Waals surface area contributed by atoms with Crippen LogP contribution in [0.25, 0.3) is 0 Å². The van der Waals surface area contributed by atoms with Crippen molar-refractivity contribution in [3.8, 4) is 0 Å². The maximum absolute atomic E-state index is 11.5. The molecule has 1 aliphatic rings. The Morgan fingerprint density at radius 2 is 2.00 bits per heavy atom. The summed E-state index contributed by atoms with van der Waals surface area (Å²) in [5.74, 6) is -0.153. The summed E-state index contributed by atoms with van der Waals surface area (Å²) in [5.41, 5.74) is 0. The first-order valence-electron chi connectivity index (χ1n) is 6.17. The highest BCUT2D eigenvalue weighted by atomic mass is 16.6. The van der Waals surface area contributed by atoms with E-state index in [2.05, 4.69) is 12.2 Å². The van der Waals surface area contributed by atoms with Crippen molar-refractivity contribution < 1.29 is 14.3 Å². The molecule has 0 radical (unpaired) electrons. The standard InChI is InChI=1S/C12H23NO3/c1-4-5-13-8-12(14)16-11-6-9(2)15-10(3)7-11/h9-11,13H,4-8H2,1-3H3. The van der Waals surface area contributed by atoms with E-state index in [1.54, 1.807) is 0 Å². The van der Waals surface area contributed by atoms with Gasteiger partial charge in [0, 0.05) is 12.8 Å². The average Bonchev–Trinajstić information content (AvgIpc) is 2.16. The van der Waals surface area contributed by atoms with Crippen molar-refractivity contribution in [1.29, 1.82) is 0 Å². The van der Waals surface area contributed by atoms with Gasteiger partial charge in [0.2, 0.25) is 0 Å². The monoisotopic (exact) mass is 229 g/mol. The molecular formula is C12H23NO3. The topological polar surface area (TPSA) is 47.6 Å². The van der Waals surface area contributed by atoms with E-state index in [1.165, 1.54) is 0 Å². The summed E-state index contributed by atoms with van der Waals surface area (Å²) in [4.78, 5) is 11.5. The van der Waals surface area contributed by atoms with Crippen LogP contribution < -0.4 is 5.32 Å². The summed E-state index contributed by atoms with van der Waals surface area (Å²) in [5, 5.41) is 3.04. The van der Waals surface area contributed by atoms with Gasteiger partial charge in [0.1, 0.15) is 6.10 Å². The molecule has 94 valence electrons. The van der Waals surface area contributed by atoms with E-state index in [0.717, 1.165) is 25.8 Å². The number of carbonyl (C=O) groups is 1. The molecule has 1 heterocycles. The minimum absolute atomic E-state index is 0.0228. The third kappa shape index (κ3) is 4.94. The number of hydrogen-bond donors (Lipinski definition) is 1. The zero-order chi connectivity index (χ0) is 12.0. The zero-order valence-corrected chi connectivity index (χ0v) is 10.5. The number of rotatable bonds is 5. The molecule has 4 heteroatoms. The molecular weight excluding hydrogens is 206 g/mol. The van der Waals surface area contributed by atoms with Crippen molar-refractivity contribution in [2.75, 3.05) is 13.1 Å². The molecule has 0 bridgehead atoms. The number of esters is 1. The van der Waals surface area contributed by atoms with E-state index in [1.807, 2.05) is 13.8 Å². The van der Waals surface area contributed by atoms with Crippen LogP contribution in [0.15, 0.2) is 0 Å². The number of ether oxygens (including phenoxy) is 2. The van der Waals surface area contributed by atoms with Gasteiger partial charge >= 0.3 is 5.97 Å². The fourth-order valence-corrected chi connectivity index (χ4v) is 2.04. The third-order valence-electron chi connectivity index (χ3n) is 2.65. The molecule has 0 aromatic carbocycles. The van der Waals surface area contributed by atoms with Gasteiger partial charge in [0.15, 0.2) is 0 Å². The fraction of sp³-hybridized carbons (Fsp3) is 0.917. The molecule has 1 aliphatic heterocycles. The molecule has 0 aromatic rings. The summed E-state index contributed by atoms with van der Waals surface area (Å²) >= 11 is 0. The lowest BCUT2D eigenvalue weighted by Crippen LogP contribution is -2.37. The van der Waals surface area contributed by atoms with Crippen LogP contribution in [0.5, 0.6) is 0 Å². The normalized spacial score (nSPS) is 30.1. The highest BCUT2D eigenvalue weighted by Gasteiger charge is 2.26. The molecule has 1 saturated heterocycles. The molecule has 0 saturated carbocycles. The SMILES string of the molecule is CCCNCC(=O)OC1CC(C)OC(C)C1. The molecule has 0 amide bonds. The van der Waals surface area contributed by atoms with Gasteiger partial charge in [0.25, 0.3) is 0 Å². The van der Waals surface area contributed by atoms with Crippen LogP contribution in [0.2, 0.25) is 0 Å². The van der Waals surface area contributed by atoms with Gasteiger partial charge in [-0.15, -0.1) is 0 Å². The minimum Gasteiger partial charge on any atom is -0.461 e. The summed E-state index contributed by atoms with van der Waals surface area (Å²) < 4.78 is 11.0. The van der Waals surface area contributed by atoms with E-state index in [4.69, 9.17) is 9.47 Å². The Kier molecular flexibility index (Phi) is 5.77. The fourth-order valence-electron chi connectivity index (χ4n) is 2.04. The summed E-state index contributed by atoms with van der Waals surface area (Å²) in [6, 6.07) is 0. The Hall–Kier alpha value is -0.610. The molecule has 4 nitrogen and oxygen atoms in total. The number of hydrogen-bond acceptors (Lipinski definition) is 4. The van der Waals surface area contributed by atoms with Crippen molar-refractivity contribution in [3.05, 3.63) is 0 Å². The highest BCUT2D eigenvalue weighted by molar-refractivity contribution is 5.71. The van der Waals surface area contributed by atoms with Crippen LogP contribution >= 0.6 is 0 Å². The first kappa shape index (κ1) is 13.5. The Labute approximate surface area is 97.7 Å². The maximum Gasteiger partial charge on any atom is 0.320 e. The van der Waals surface area contributed by atoms with Gasteiger partial charge in [-0.3, -0.25) is 4.79 Å². The molecule has 1 fully saturated rings. The molecule has 16 heavy (non-hydrogen) atoms. The number of nitrogens with one attached hydrogen (secondary N) is 1. The van der Waals surface area contributed by atoms with Gasteiger partial charge in [0.05, 0.1) is 18.8 Å². The smallest absolute Gasteiger partial charge is 0.320 e. The van der Waals surface area contributed by atoms with E-state index in [0.29, 0.717) is 6.54 Å². The quantitative estimate of drug-likeness (QED) is 0.573. The van der Waals surface area contributed by atoms with E-state index >= 15 is 0 Å². The van der Waals surface area contributed by atoms with E-state index in [9.17, 15) is 4.79 Å². The predicted octanol–water partition coefficient (Wildman–Crippen LogP) is 1.49. The molecule has 0 spiro atoms. The second-order valence-corrected chi connectivity index (χ2v) is 4.52. The zero-order valence-electron chi connectivity index (χ0n) is 10.5. The first-order chi connectivity index (χ1) is 7.61. The van der Waals surface area contributed by atoms with Crippen molar-refractivity contribution in [1.82, 2.24) is 5.32 Å². The Morgan fingerprint density at radius 3 is 2.56 bits per heavy atom. The van der Waals surface area contributed by atoms with Crippen LogP contribution in [0.4, 0.5) is 0 Å². The van der Waals surface area contributed by atoms with Gasteiger partial charge < -0.3 is 14.8 Å². The molecule has 0 aromatic heterocycles. The van der Waals surface area contributed by atoms with Crippen LogP contribution in [0.1, 0.15) is 40.0 Å². The summed E-state index contributed by atoms with van der Waals surface area (Å²) in [6.45, 7) is 7.28. The molecule has 2 atom stereocenters. The lowest BCUT2D eigenvalue weighted by atomic mass is 10.0. The maximum atomic E-state index is 11.5. The molecule has 2 unspecified atom stereocenters. The van der Waals surface area contributed by atoms with Gasteiger partial charge in [-0.1, -0.05) is 6.92 Å².